The van der Waals surface area contributed by atoms with Gasteiger partial charge in [-0.2, -0.15) is 0 Å². The normalized spacial score (nSPS) is 34.1. The van der Waals surface area contributed by atoms with Gasteiger partial charge in [0, 0.05) is 18.5 Å². The third-order valence-electron chi connectivity index (χ3n) is 4.48. The molecule has 3 N–H and O–H groups in total. The molecular formula is C13H25N3O. The maximum Gasteiger partial charge on any atom is 0.223 e. The van der Waals surface area contributed by atoms with Crippen molar-refractivity contribution in [2.24, 2.45) is 17.6 Å². The van der Waals surface area contributed by atoms with E-state index in [1.165, 1.54) is 12.8 Å². The van der Waals surface area contributed by atoms with Gasteiger partial charge in [0.15, 0.2) is 0 Å². The molecule has 2 rings (SSSR count). The van der Waals surface area contributed by atoms with Gasteiger partial charge in [-0.05, 0) is 51.7 Å². The van der Waals surface area contributed by atoms with E-state index < -0.39 is 0 Å². The van der Waals surface area contributed by atoms with Crippen LogP contribution in [0.4, 0.5) is 0 Å². The lowest BCUT2D eigenvalue weighted by atomic mass is 9.95. The predicted octanol–water partition coefficient (Wildman–Crippen LogP) is 0.572. The second kappa shape index (κ2) is 5.83. The van der Waals surface area contributed by atoms with E-state index in [2.05, 4.69) is 17.3 Å². The maximum absolute atomic E-state index is 12.1. The summed E-state index contributed by atoms with van der Waals surface area (Å²) in [4.78, 5) is 14.4. The van der Waals surface area contributed by atoms with E-state index in [9.17, 15) is 4.79 Å². The Morgan fingerprint density at radius 1 is 1.35 bits per heavy atom. The Kier molecular flexibility index (Phi) is 4.40. The van der Waals surface area contributed by atoms with E-state index in [1.54, 1.807) is 0 Å². The summed E-state index contributed by atoms with van der Waals surface area (Å²) >= 11 is 0. The molecule has 1 unspecified atom stereocenters. The zero-order valence-corrected chi connectivity index (χ0v) is 10.8. The highest BCUT2D eigenvalue weighted by atomic mass is 16.1. The number of likely N-dealkylation sites (N-methyl/N-ethyl adjacent to an activating group) is 1. The minimum absolute atomic E-state index is 0.173. The number of nitrogens with zero attached hydrogens (tertiary/aromatic N) is 1. The summed E-state index contributed by atoms with van der Waals surface area (Å²) in [6.07, 6.45) is 5.77. The van der Waals surface area contributed by atoms with Crippen molar-refractivity contribution in [1.29, 1.82) is 0 Å². The van der Waals surface area contributed by atoms with Gasteiger partial charge in [-0.25, -0.2) is 0 Å². The zero-order valence-electron chi connectivity index (χ0n) is 10.8. The Hall–Kier alpha value is -0.610. The van der Waals surface area contributed by atoms with Gasteiger partial charge in [-0.1, -0.05) is 6.42 Å². The molecule has 4 heteroatoms. The quantitative estimate of drug-likeness (QED) is 0.754. The number of hydrogen-bond acceptors (Lipinski definition) is 3. The lowest BCUT2D eigenvalue weighted by Crippen LogP contribution is -2.42. The fourth-order valence-electron chi connectivity index (χ4n) is 3.25. The summed E-state index contributed by atoms with van der Waals surface area (Å²) in [7, 11) is 2.14. The van der Waals surface area contributed by atoms with Crippen LogP contribution in [0.25, 0.3) is 0 Å². The van der Waals surface area contributed by atoms with Crippen LogP contribution in [0.2, 0.25) is 0 Å². The maximum atomic E-state index is 12.1. The van der Waals surface area contributed by atoms with Crippen molar-refractivity contribution >= 4 is 5.91 Å². The Balaban J connectivity index is 1.77. The number of carbonyl (C=O) groups is 1. The molecule has 0 spiro atoms. The summed E-state index contributed by atoms with van der Waals surface area (Å²) in [5.41, 5.74) is 5.71. The molecule has 0 bridgehead atoms. The monoisotopic (exact) mass is 239 g/mol. The van der Waals surface area contributed by atoms with Crippen LogP contribution in [0.15, 0.2) is 0 Å². The van der Waals surface area contributed by atoms with Crippen LogP contribution in [-0.4, -0.2) is 43.5 Å². The first-order valence-corrected chi connectivity index (χ1v) is 6.90. The van der Waals surface area contributed by atoms with Crippen molar-refractivity contribution in [1.82, 2.24) is 10.2 Å². The highest BCUT2D eigenvalue weighted by molar-refractivity contribution is 5.79. The first kappa shape index (κ1) is 12.8. The zero-order chi connectivity index (χ0) is 12.3. The van der Waals surface area contributed by atoms with E-state index in [-0.39, 0.29) is 11.8 Å². The Morgan fingerprint density at radius 2 is 2.18 bits per heavy atom. The lowest BCUT2D eigenvalue weighted by molar-refractivity contribution is -0.126. The summed E-state index contributed by atoms with van der Waals surface area (Å²) < 4.78 is 0. The first-order chi connectivity index (χ1) is 8.22. The van der Waals surface area contributed by atoms with Gasteiger partial charge in [-0.3, -0.25) is 4.79 Å². The number of nitrogens with two attached hydrogens (primary N) is 1. The summed E-state index contributed by atoms with van der Waals surface area (Å²) in [5.74, 6) is 0.821. The molecule has 17 heavy (non-hydrogen) atoms. The molecule has 1 aliphatic carbocycles. The van der Waals surface area contributed by atoms with E-state index in [0.29, 0.717) is 18.5 Å². The molecule has 0 aromatic rings. The number of nitrogens with one attached hydrogen (secondary N) is 1. The van der Waals surface area contributed by atoms with Crippen molar-refractivity contribution < 1.29 is 4.79 Å². The van der Waals surface area contributed by atoms with Gasteiger partial charge >= 0.3 is 0 Å². The van der Waals surface area contributed by atoms with Crippen LogP contribution in [0.5, 0.6) is 0 Å². The summed E-state index contributed by atoms with van der Waals surface area (Å²) in [5, 5.41) is 3.13. The average molecular weight is 239 g/mol. The molecule has 1 aliphatic heterocycles. The second-order valence-corrected chi connectivity index (χ2v) is 5.55. The molecule has 98 valence electrons. The van der Waals surface area contributed by atoms with Gasteiger partial charge in [0.25, 0.3) is 0 Å². The fraction of sp³-hybridized carbons (Fsp3) is 0.923. The van der Waals surface area contributed by atoms with Crippen LogP contribution in [0, 0.1) is 11.8 Å². The average Bonchev–Trinajstić information content (AvgIpc) is 2.94. The van der Waals surface area contributed by atoms with E-state index in [4.69, 9.17) is 5.73 Å². The van der Waals surface area contributed by atoms with Gasteiger partial charge in [0.2, 0.25) is 5.91 Å². The number of likely N-dealkylation sites (tertiary alicyclic amines) is 1. The molecule has 0 aromatic heterocycles. The number of amides is 1. The molecule has 1 saturated heterocycles. The molecule has 1 amide bonds. The molecule has 0 radical (unpaired) electrons. The topological polar surface area (TPSA) is 58.4 Å². The Bertz CT molecular complexity index is 269. The molecule has 0 aromatic carbocycles. The summed E-state index contributed by atoms with van der Waals surface area (Å²) in [6, 6.07) is 0.539. The van der Waals surface area contributed by atoms with Gasteiger partial charge in [0.1, 0.15) is 0 Å². The molecule has 4 nitrogen and oxygen atoms in total. The second-order valence-electron chi connectivity index (χ2n) is 5.55. The third kappa shape index (κ3) is 2.99. The number of hydrogen-bond donors (Lipinski definition) is 2. The van der Waals surface area contributed by atoms with Crippen LogP contribution in [0.3, 0.4) is 0 Å². The minimum atomic E-state index is 0.173. The Labute approximate surface area is 104 Å². The SMILES string of the molecule is CN1CCCC1CNC(=O)[C@@H]1CCC[C@@H]1CN. The molecular weight excluding hydrogens is 214 g/mol. The summed E-state index contributed by atoms with van der Waals surface area (Å²) in [6.45, 7) is 2.62. The largest absolute Gasteiger partial charge is 0.354 e. The van der Waals surface area contributed by atoms with Gasteiger partial charge in [0.05, 0.1) is 0 Å². The fourth-order valence-corrected chi connectivity index (χ4v) is 3.25. The van der Waals surface area contributed by atoms with Crippen molar-refractivity contribution in [3.8, 4) is 0 Å². The van der Waals surface area contributed by atoms with Gasteiger partial charge < -0.3 is 16.0 Å². The lowest BCUT2D eigenvalue weighted by Gasteiger charge is -2.22. The molecule has 1 saturated carbocycles. The van der Waals surface area contributed by atoms with Crippen LogP contribution >= 0.6 is 0 Å². The number of rotatable bonds is 4. The van der Waals surface area contributed by atoms with Crippen molar-refractivity contribution in [3.05, 3.63) is 0 Å². The van der Waals surface area contributed by atoms with E-state index >= 15 is 0 Å². The standard InChI is InChI=1S/C13H25N3O/c1-16-7-3-5-11(16)9-15-13(17)12-6-2-4-10(12)8-14/h10-12H,2-9,14H2,1H3,(H,15,17)/t10-,11?,12-/m1/s1. The minimum Gasteiger partial charge on any atom is -0.354 e. The molecule has 2 aliphatic rings. The van der Waals surface area contributed by atoms with E-state index in [0.717, 1.165) is 32.4 Å². The number of carbonyl (C=O) groups excluding carboxylic acids is 1. The van der Waals surface area contributed by atoms with Crippen LogP contribution in [0.1, 0.15) is 32.1 Å². The smallest absolute Gasteiger partial charge is 0.223 e. The van der Waals surface area contributed by atoms with Crippen molar-refractivity contribution in [3.63, 3.8) is 0 Å². The van der Waals surface area contributed by atoms with Crippen LogP contribution < -0.4 is 11.1 Å². The van der Waals surface area contributed by atoms with E-state index in [1.807, 2.05) is 0 Å². The Morgan fingerprint density at radius 3 is 2.82 bits per heavy atom. The van der Waals surface area contributed by atoms with Gasteiger partial charge in [-0.15, -0.1) is 0 Å². The third-order valence-corrected chi connectivity index (χ3v) is 4.48. The molecule has 2 fully saturated rings. The molecule has 1 heterocycles. The first-order valence-electron chi connectivity index (χ1n) is 6.90. The van der Waals surface area contributed by atoms with Crippen molar-refractivity contribution in [2.45, 2.75) is 38.1 Å². The highest BCUT2D eigenvalue weighted by Crippen LogP contribution is 2.31. The molecule has 3 atom stereocenters. The van der Waals surface area contributed by atoms with Crippen molar-refractivity contribution in [2.75, 3.05) is 26.7 Å². The highest BCUT2D eigenvalue weighted by Gasteiger charge is 2.32. The predicted molar refractivity (Wildman–Crippen MR) is 68.5 cm³/mol. The van der Waals surface area contributed by atoms with Crippen LogP contribution in [-0.2, 0) is 4.79 Å².